The van der Waals surface area contributed by atoms with E-state index in [-0.39, 0.29) is 5.78 Å². The summed E-state index contributed by atoms with van der Waals surface area (Å²) in [5.41, 5.74) is 0.503. The van der Waals surface area contributed by atoms with Gasteiger partial charge in [0, 0.05) is 12.0 Å². The van der Waals surface area contributed by atoms with Crippen LogP contribution in [0.15, 0.2) is 35.6 Å². The molecule has 0 spiro atoms. The number of hydrogen-bond acceptors (Lipinski definition) is 3. The lowest BCUT2D eigenvalue weighted by molar-refractivity contribution is -0.115. The fraction of sp³-hybridized carbons (Fsp3) is 0.500. The SMILES string of the molecule is C/C=C/C=C(/NC(=O)OC(C)(C)C)C1=CCCCC1=O. The van der Waals surface area contributed by atoms with Crippen LogP contribution in [0.4, 0.5) is 4.79 Å². The molecule has 0 saturated carbocycles. The van der Waals surface area contributed by atoms with E-state index in [1.807, 2.05) is 19.1 Å². The van der Waals surface area contributed by atoms with E-state index >= 15 is 0 Å². The van der Waals surface area contributed by atoms with Crippen molar-refractivity contribution in [1.82, 2.24) is 5.32 Å². The molecule has 0 heterocycles. The van der Waals surface area contributed by atoms with E-state index in [0.29, 0.717) is 17.7 Å². The molecule has 1 N–H and O–H groups in total. The first-order valence-corrected chi connectivity index (χ1v) is 6.90. The maximum absolute atomic E-state index is 11.9. The number of ketones is 1. The minimum absolute atomic E-state index is 0.0584. The highest BCUT2D eigenvalue weighted by molar-refractivity contribution is 6.00. The van der Waals surface area contributed by atoms with Gasteiger partial charge in [-0.3, -0.25) is 10.1 Å². The Hall–Kier alpha value is -1.84. The molecule has 0 saturated heterocycles. The van der Waals surface area contributed by atoms with Crippen LogP contribution in [0.2, 0.25) is 0 Å². The van der Waals surface area contributed by atoms with Crippen molar-refractivity contribution in [2.75, 3.05) is 0 Å². The quantitative estimate of drug-likeness (QED) is 0.801. The summed E-state index contributed by atoms with van der Waals surface area (Å²) in [6, 6.07) is 0. The summed E-state index contributed by atoms with van der Waals surface area (Å²) < 4.78 is 5.22. The Morgan fingerprint density at radius 3 is 2.65 bits per heavy atom. The predicted octanol–water partition coefficient (Wildman–Crippen LogP) is 3.65. The molecule has 0 bridgehead atoms. The Morgan fingerprint density at radius 1 is 1.40 bits per heavy atom. The fourth-order valence-electron chi connectivity index (χ4n) is 1.82. The van der Waals surface area contributed by atoms with Crippen molar-refractivity contribution in [2.24, 2.45) is 0 Å². The van der Waals surface area contributed by atoms with Gasteiger partial charge in [-0.15, -0.1) is 0 Å². The summed E-state index contributed by atoms with van der Waals surface area (Å²) in [5.74, 6) is 0.0584. The molecule has 1 aliphatic carbocycles. The number of rotatable bonds is 3. The van der Waals surface area contributed by atoms with Gasteiger partial charge in [0.05, 0.1) is 5.70 Å². The number of carbonyl (C=O) groups is 2. The third kappa shape index (κ3) is 5.43. The molecular formula is C16H23NO3. The Balaban J connectivity index is 2.89. The van der Waals surface area contributed by atoms with Gasteiger partial charge in [-0.2, -0.15) is 0 Å². The van der Waals surface area contributed by atoms with Crippen molar-refractivity contribution >= 4 is 11.9 Å². The van der Waals surface area contributed by atoms with Crippen molar-refractivity contribution in [1.29, 1.82) is 0 Å². The molecule has 0 aliphatic heterocycles. The lowest BCUT2D eigenvalue weighted by atomic mass is 9.95. The molecule has 4 nitrogen and oxygen atoms in total. The van der Waals surface area contributed by atoms with Crippen LogP contribution in [0.1, 0.15) is 47.0 Å². The van der Waals surface area contributed by atoms with Gasteiger partial charge >= 0.3 is 6.09 Å². The van der Waals surface area contributed by atoms with Crippen molar-refractivity contribution in [2.45, 2.75) is 52.6 Å². The van der Waals surface area contributed by atoms with Crippen LogP contribution in [0.3, 0.4) is 0 Å². The van der Waals surface area contributed by atoms with Crippen LogP contribution in [0.25, 0.3) is 0 Å². The summed E-state index contributed by atoms with van der Waals surface area (Å²) in [6.45, 7) is 7.27. The number of carbonyl (C=O) groups excluding carboxylic acids is 2. The van der Waals surface area contributed by atoms with Crippen LogP contribution in [-0.2, 0) is 9.53 Å². The zero-order chi connectivity index (χ0) is 15.2. The number of hydrogen-bond donors (Lipinski definition) is 1. The van der Waals surface area contributed by atoms with Crippen LogP contribution >= 0.6 is 0 Å². The maximum Gasteiger partial charge on any atom is 0.412 e. The van der Waals surface area contributed by atoms with Gasteiger partial charge in [0.25, 0.3) is 0 Å². The highest BCUT2D eigenvalue weighted by atomic mass is 16.6. The summed E-state index contributed by atoms with van der Waals surface area (Å²) in [6.07, 6.45) is 8.91. The second kappa shape index (κ2) is 7.08. The molecule has 0 fully saturated rings. The Bertz CT molecular complexity index is 465. The van der Waals surface area contributed by atoms with Crippen molar-refractivity contribution in [3.8, 4) is 0 Å². The molecule has 110 valence electrons. The topological polar surface area (TPSA) is 55.4 Å². The second-order valence-corrected chi connectivity index (χ2v) is 5.67. The zero-order valence-electron chi connectivity index (χ0n) is 12.7. The number of Topliss-reactive ketones (excluding diaryl/α,β-unsaturated/α-hetero) is 1. The largest absolute Gasteiger partial charge is 0.444 e. The molecular weight excluding hydrogens is 254 g/mol. The van der Waals surface area contributed by atoms with E-state index in [2.05, 4.69) is 5.32 Å². The number of allylic oxidation sites excluding steroid dienone is 5. The van der Waals surface area contributed by atoms with E-state index in [9.17, 15) is 9.59 Å². The lowest BCUT2D eigenvalue weighted by Gasteiger charge is -2.21. The van der Waals surface area contributed by atoms with Gasteiger partial charge < -0.3 is 4.74 Å². The van der Waals surface area contributed by atoms with Gasteiger partial charge in [-0.05, 0) is 46.6 Å². The molecule has 0 aromatic rings. The first-order chi connectivity index (χ1) is 9.33. The minimum Gasteiger partial charge on any atom is -0.444 e. The summed E-state index contributed by atoms with van der Waals surface area (Å²) >= 11 is 0. The van der Waals surface area contributed by atoms with Gasteiger partial charge in [0.1, 0.15) is 5.60 Å². The molecule has 20 heavy (non-hydrogen) atoms. The smallest absolute Gasteiger partial charge is 0.412 e. The Labute approximate surface area is 120 Å². The summed E-state index contributed by atoms with van der Waals surface area (Å²) in [7, 11) is 0. The average molecular weight is 277 g/mol. The van der Waals surface area contributed by atoms with E-state index in [0.717, 1.165) is 12.8 Å². The van der Waals surface area contributed by atoms with Gasteiger partial charge in [0.15, 0.2) is 5.78 Å². The molecule has 0 unspecified atom stereocenters. The molecule has 1 rings (SSSR count). The monoisotopic (exact) mass is 277 g/mol. The van der Waals surface area contributed by atoms with Gasteiger partial charge in [-0.25, -0.2) is 4.79 Å². The van der Waals surface area contributed by atoms with Gasteiger partial charge in [-0.1, -0.05) is 18.2 Å². The Kier molecular flexibility index (Phi) is 5.74. The normalized spacial score (nSPS) is 17.1. The predicted molar refractivity (Wildman–Crippen MR) is 79.2 cm³/mol. The van der Waals surface area contributed by atoms with Crippen molar-refractivity contribution in [3.63, 3.8) is 0 Å². The fourth-order valence-corrected chi connectivity index (χ4v) is 1.82. The molecule has 0 aromatic heterocycles. The second-order valence-electron chi connectivity index (χ2n) is 5.67. The number of ether oxygens (including phenoxy) is 1. The standard InChI is InChI=1S/C16H23NO3/c1-5-6-10-13(12-9-7-8-11-14(12)18)17-15(19)20-16(2,3)4/h5-6,9-10H,7-8,11H2,1-4H3,(H,17,19)/b6-5+,13-10+. The highest BCUT2D eigenvalue weighted by Crippen LogP contribution is 2.20. The van der Waals surface area contributed by atoms with Crippen LogP contribution in [0.5, 0.6) is 0 Å². The maximum atomic E-state index is 11.9. The van der Waals surface area contributed by atoms with Crippen LogP contribution in [0, 0.1) is 0 Å². The molecule has 4 heteroatoms. The molecule has 1 aliphatic rings. The van der Waals surface area contributed by atoms with E-state index in [4.69, 9.17) is 4.74 Å². The highest BCUT2D eigenvalue weighted by Gasteiger charge is 2.21. The first kappa shape index (κ1) is 16.2. The molecule has 0 aromatic carbocycles. The number of nitrogens with one attached hydrogen (secondary N) is 1. The van der Waals surface area contributed by atoms with Gasteiger partial charge in [0.2, 0.25) is 0 Å². The van der Waals surface area contributed by atoms with Crippen LogP contribution in [-0.4, -0.2) is 17.5 Å². The zero-order valence-corrected chi connectivity index (χ0v) is 12.7. The summed E-state index contributed by atoms with van der Waals surface area (Å²) in [5, 5.41) is 2.67. The van der Waals surface area contributed by atoms with Crippen molar-refractivity contribution in [3.05, 3.63) is 35.6 Å². The molecule has 0 atom stereocenters. The number of amides is 1. The molecule has 0 radical (unpaired) electrons. The summed E-state index contributed by atoms with van der Waals surface area (Å²) in [4.78, 5) is 23.8. The van der Waals surface area contributed by atoms with E-state index < -0.39 is 11.7 Å². The third-order valence-corrected chi connectivity index (χ3v) is 2.64. The first-order valence-electron chi connectivity index (χ1n) is 6.90. The van der Waals surface area contributed by atoms with E-state index in [1.54, 1.807) is 32.9 Å². The van der Waals surface area contributed by atoms with Crippen LogP contribution < -0.4 is 5.32 Å². The Morgan fingerprint density at radius 2 is 2.10 bits per heavy atom. The van der Waals surface area contributed by atoms with E-state index in [1.165, 1.54) is 0 Å². The lowest BCUT2D eigenvalue weighted by Crippen LogP contribution is -2.33. The third-order valence-electron chi connectivity index (χ3n) is 2.64. The number of alkyl carbamates (subject to hydrolysis) is 1. The van der Waals surface area contributed by atoms with Crippen molar-refractivity contribution < 1.29 is 14.3 Å². The molecule has 1 amide bonds. The minimum atomic E-state index is -0.569. The average Bonchev–Trinajstić information content (AvgIpc) is 2.33.